The molecule has 0 atom stereocenters. The van der Waals surface area contributed by atoms with Crippen molar-refractivity contribution in [2.75, 3.05) is 13.7 Å². The minimum atomic E-state index is -4.25. The maximum absolute atomic E-state index is 12.5. The van der Waals surface area contributed by atoms with Gasteiger partial charge in [-0.1, -0.05) is 18.7 Å². The Hall–Kier alpha value is -3.49. The van der Waals surface area contributed by atoms with Gasteiger partial charge in [0.2, 0.25) is 0 Å². The lowest BCUT2D eigenvalue weighted by Crippen LogP contribution is -2.12. The molecule has 0 N–H and O–H groups in total. The average molecular weight is 424 g/mol. The van der Waals surface area contributed by atoms with Crippen LogP contribution in [-0.2, 0) is 4.79 Å². The van der Waals surface area contributed by atoms with Crippen molar-refractivity contribution in [1.82, 2.24) is 0 Å². The van der Waals surface area contributed by atoms with Crippen LogP contribution in [0.15, 0.2) is 55.1 Å². The summed E-state index contributed by atoms with van der Waals surface area (Å²) in [6.07, 6.45) is -4.46. The Labute approximate surface area is 170 Å². The zero-order chi connectivity index (χ0) is 22.1. The van der Waals surface area contributed by atoms with Gasteiger partial charge in [0, 0.05) is 12.5 Å². The summed E-state index contributed by atoms with van der Waals surface area (Å²) in [4.78, 5) is 23.9. The first-order valence-electron chi connectivity index (χ1n) is 8.76. The molecule has 0 aromatic heterocycles. The SMILES string of the molecule is C=CC(=O)Oc1ccccc1OC(=O)c1ccc(OCCCC(F)(F)F)c(OC)c1. The highest BCUT2D eigenvalue weighted by molar-refractivity contribution is 5.92. The summed E-state index contributed by atoms with van der Waals surface area (Å²) in [5.74, 6) is -1.08. The Morgan fingerprint density at radius 3 is 2.27 bits per heavy atom. The van der Waals surface area contributed by atoms with E-state index in [4.69, 9.17) is 18.9 Å². The fourth-order valence-electron chi connectivity index (χ4n) is 2.30. The van der Waals surface area contributed by atoms with Crippen molar-refractivity contribution in [3.63, 3.8) is 0 Å². The molecule has 160 valence electrons. The van der Waals surface area contributed by atoms with Crippen LogP contribution in [0.1, 0.15) is 23.2 Å². The quantitative estimate of drug-likeness (QED) is 0.251. The van der Waals surface area contributed by atoms with E-state index in [1.165, 1.54) is 37.4 Å². The predicted molar refractivity (Wildman–Crippen MR) is 101 cm³/mol. The first-order valence-corrected chi connectivity index (χ1v) is 8.76. The molecule has 0 amide bonds. The normalized spacial score (nSPS) is 10.8. The van der Waals surface area contributed by atoms with E-state index in [0.717, 1.165) is 6.08 Å². The molecule has 0 spiro atoms. The Morgan fingerprint density at radius 1 is 1.00 bits per heavy atom. The number of carbonyl (C=O) groups excluding carboxylic acids is 2. The molecule has 0 radical (unpaired) electrons. The fourth-order valence-corrected chi connectivity index (χ4v) is 2.30. The van der Waals surface area contributed by atoms with E-state index in [1.807, 2.05) is 0 Å². The molecule has 2 aromatic rings. The summed E-state index contributed by atoms with van der Waals surface area (Å²) < 4.78 is 57.3. The minimum Gasteiger partial charge on any atom is -0.493 e. The second kappa shape index (κ2) is 10.3. The summed E-state index contributed by atoms with van der Waals surface area (Å²) in [5, 5.41) is 0. The van der Waals surface area contributed by atoms with Crippen LogP contribution in [0.2, 0.25) is 0 Å². The molecule has 0 aliphatic carbocycles. The van der Waals surface area contributed by atoms with Crippen molar-refractivity contribution in [3.8, 4) is 23.0 Å². The van der Waals surface area contributed by atoms with E-state index in [-0.39, 0.29) is 41.6 Å². The molecule has 2 aromatic carbocycles. The molecule has 0 fully saturated rings. The van der Waals surface area contributed by atoms with Crippen LogP contribution in [0.4, 0.5) is 13.2 Å². The number of rotatable bonds is 9. The van der Waals surface area contributed by atoms with Gasteiger partial charge in [0.25, 0.3) is 0 Å². The van der Waals surface area contributed by atoms with E-state index < -0.39 is 24.5 Å². The first-order chi connectivity index (χ1) is 14.2. The van der Waals surface area contributed by atoms with E-state index in [0.29, 0.717) is 0 Å². The van der Waals surface area contributed by atoms with Crippen LogP contribution in [0.25, 0.3) is 0 Å². The molecule has 9 heteroatoms. The molecule has 2 rings (SSSR count). The maximum Gasteiger partial charge on any atom is 0.389 e. The molecule has 0 unspecified atom stereocenters. The van der Waals surface area contributed by atoms with Crippen molar-refractivity contribution >= 4 is 11.9 Å². The van der Waals surface area contributed by atoms with Gasteiger partial charge in [0.15, 0.2) is 23.0 Å². The van der Waals surface area contributed by atoms with Crippen molar-refractivity contribution in [1.29, 1.82) is 0 Å². The number of para-hydroxylation sites is 2. The van der Waals surface area contributed by atoms with Gasteiger partial charge in [-0.2, -0.15) is 13.2 Å². The molecule has 0 bridgehead atoms. The molecule has 6 nitrogen and oxygen atoms in total. The lowest BCUT2D eigenvalue weighted by molar-refractivity contribution is -0.136. The van der Waals surface area contributed by atoms with Crippen LogP contribution in [-0.4, -0.2) is 31.8 Å². The average Bonchev–Trinajstić information content (AvgIpc) is 2.71. The highest BCUT2D eigenvalue weighted by Gasteiger charge is 2.26. The standard InChI is InChI=1S/C21H19F3O6/c1-3-19(25)29-16-7-4-5-8-17(16)30-20(26)14-9-10-15(18(13-14)27-2)28-12-6-11-21(22,23)24/h3-5,7-10,13H,1,6,11-12H2,2H3. The van der Waals surface area contributed by atoms with E-state index in [2.05, 4.69) is 6.58 Å². The molecular formula is C21H19F3O6. The number of alkyl halides is 3. The summed E-state index contributed by atoms with van der Waals surface area (Å²) >= 11 is 0. The summed E-state index contributed by atoms with van der Waals surface area (Å²) in [7, 11) is 1.33. The number of ether oxygens (including phenoxy) is 4. The van der Waals surface area contributed by atoms with Crippen LogP contribution in [0.3, 0.4) is 0 Å². The largest absolute Gasteiger partial charge is 0.493 e. The Kier molecular flexibility index (Phi) is 7.85. The predicted octanol–water partition coefficient (Wildman–Crippen LogP) is 4.73. The van der Waals surface area contributed by atoms with Gasteiger partial charge in [0.05, 0.1) is 19.3 Å². The van der Waals surface area contributed by atoms with Crippen molar-refractivity contribution < 1.29 is 41.7 Å². The molecule has 0 aliphatic rings. The maximum atomic E-state index is 12.5. The van der Waals surface area contributed by atoms with E-state index >= 15 is 0 Å². The van der Waals surface area contributed by atoms with Gasteiger partial charge < -0.3 is 18.9 Å². The fraction of sp³-hybridized carbons (Fsp3) is 0.238. The van der Waals surface area contributed by atoms with Gasteiger partial charge in [-0.15, -0.1) is 0 Å². The van der Waals surface area contributed by atoms with Crippen LogP contribution < -0.4 is 18.9 Å². The first kappa shape index (κ1) is 22.8. The molecule has 0 saturated heterocycles. The molecule has 0 aliphatic heterocycles. The van der Waals surface area contributed by atoms with Gasteiger partial charge >= 0.3 is 18.1 Å². The molecule has 0 saturated carbocycles. The molecular weight excluding hydrogens is 405 g/mol. The number of carbonyl (C=O) groups is 2. The second-order valence-corrected chi connectivity index (χ2v) is 5.89. The highest BCUT2D eigenvalue weighted by Crippen LogP contribution is 2.31. The van der Waals surface area contributed by atoms with Crippen molar-refractivity contribution in [3.05, 3.63) is 60.7 Å². The van der Waals surface area contributed by atoms with Gasteiger partial charge in [-0.25, -0.2) is 9.59 Å². The van der Waals surface area contributed by atoms with Gasteiger partial charge in [-0.05, 0) is 36.8 Å². The third-order valence-corrected chi connectivity index (χ3v) is 3.69. The smallest absolute Gasteiger partial charge is 0.389 e. The van der Waals surface area contributed by atoms with Crippen molar-refractivity contribution in [2.45, 2.75) is 19.0 Å². The van der Waals surface area contributed by atoms with Crippen molar-refractivity contribution in [2.24, 2.45) is 0 Å². The van der Waals surface area contributed by atoms with Crippen LogP contribution in [0.5, 0.6) is 23.0 Å². The Balaban J connectivity index is 2.08. The van der Waals surface area contributed by atoms with Crippen LogP contribution in [0, 0.1) is 0 Å². The van der Waals surface area contributed by atoms with E-state index in [9.17, 15) is 22.8 Å². The number of esters is 2. The Morgan fingerprint density at radius 2 is 1.67 bits per heavy atom. The topological polar surface area (TPSA) is 71.1 Å². The number of hydrogen-bond acceptors (Lipinski definition) is 6. The zero-order valence-electron chi connectivity index (χ0n) is 16.0. The van der Waals surface area contributed by atoms with E-state index in [1.54, 1.807) is 12.1 Å². The van der Waals surface area contributed by atoms with Gasteiger partial charge in [-0.3, -0.25) is 0 Å². The highest BCUT2D eigenvalue weighted by atomic mass is 19.4. The summed E-state index contributed by atoms with van der Waals surface area (Å²) in [6.45, 7) is 3.13. The summed E-state index contributed by atoms with van der Waals surface area (Å²) in [5.41, 5.74) is 0.0966. The number of benzene rings is 2. The minimum absolute atomic E-state index is 0.0177. The Bertz CT molecular complexity index is 908. The number of methoxy groups -OCH3 is 1. The molecule has 0 heterocycles. The van der Waals surface area contributed by atoms with Crippen LogP contribution >= 0.6 is 0 Å². The number of hydrogen-bond donors (Lipinski definition) is 0. The lowest BCUT2D eigenvalue weighted by atomic mass is 10.2. The lowest BCUT2D eigenvalue weighted by Gasteiger charge is -2.13. The zero-order valence-corrected chi connectivity index (χ0v) is 16.0. The summed E-state index contributed by atoms with van der Waals surface area (Å²) in [6, 6.07) is 10.2. The third-order valence-electron chi connectivity index (χ3n) is 3.69. The molecule has 30 heavy (non-hydrogen) atoms. The van der Waals surface area contributed by atoms with Gasteiger partial charge in [0.1, 0.15) is 0 Å². The number of halogens is 3. The third kappa shape index (κ3) is 6.84. The second-order valence-electron chi connectivity index (χ2n) is 5.89. The monoisotopic (exact) mass is 424 g/mol.